The first-order valence-corrected chi connectivity index (χ1v) is 9.35. The summed E-state index contributed by atoms with van der Waals surface area (Å²) in [6, 6.07) is 23.5. The first-order valence-electron chi connectivity index (χ1n) is 9.35. The van der Waals surface area contributed by atoms with Gasteiger partial charge in [0, 0.05) is 18.4 Å². The number of amides is 1. The van der Waals surface area contributed by atoms with Crippen molar-refractivity contribution < 1.29 is 9.53 Å². The van der Waals surface area contributed by atoms with E-state index in [1.807, 2.05) is 36.4 Å². The second-order valence-electron chi connectivity index (χ2n) is 6.56. The van der Waals surface area contributed by atoms with Gasteiger partial charge in [0.2, 0.25) is 0 Å². The highest BCUT2D eigenvalue weighted by atomic mass is 16.6. The van der Waals surface area contributed by atoms with Crippen molar-refractivity contribution in [3.05, 3.63) is 71.8 Å². The van der Waals surface area contributed by atoms with Gasteiger partial charge < -0.3 is 4.74 Å². The lowest BCUT2D eigenvalue weighted by molar-refractivity contribution is 0.167. The molecule has 2 aromatic rings. The van der Waals surface area contributed by atoms with Crippen LogP contribution in [-0.4, -0.2) is 23.6 Å². The van der Waals surface area contributed by atoms with Crippen molar-refractivity contribution in [2.24, 2.45) is 0 Å². The van der Waals surface area contributed by atoms with E-state index in [2.05, 4.69) is 43.2 Å². The van der Waals surface area contributed by atoms with Gasteiger partial charge in [-0.05, 0) is 17.5 Å². The van der Waals surface area contributed by atoms with Crippen LogP contribution in [0.1, 0.15) is 49.7 Å². The van der Waals surface area contributed by atoms with Gasteiger partial charge in [0.05, 0.1) is 6.04 Å². The molecule has 0 unspecified atom stereocenters. The average Bonchev–Trinajstić information content (AvgIpc) is 3.04. The third-order valence-electron chi connectivity index (χ3n) is 4.71. The fourth-order valence-electron chi connectivity index (χ4n) is 3.37. The van der Waals surface area contributed by atoms with Gasteiger partial charge in [0.25, 0.3) is 0 Å². The maximum Gasteiger partial charge on any atom is 0.422 e. The normalized spacial score (nSPS) is 16.3. The van der Waals surface area contributed by atoms with Crippen LogP contribution in [0.2, 0.25) is 0 Å². The molecule has 1 saturated heterocycles. The summed E-state index contributed by atoms with van der Waals surface area (Å²) in [5.74, 6) is 3.19. The number of hydrogen-bond donors (Lipinski definition) is 0. The molecule has 1 heterocycles. The van der Waals surface area contributed by atoms with Crippen molar-refractivity contribution in [3.63, 3.8) is 0 Å². The first-order chi connectivity index (χ1) is 12.8. The minimum atomic E-state index is -0.338. The molecule has 26 heavy (non-hydrogen) atoms. The third kappa shape index (κ3) is 4.26. The van der Waals surface area contributed by atoms with Crippen LogP contribution in [0.4, 0.5) is 4.79 Å². The zero-order chi connectivity index (χ0) is 18.2. The summed E-state index contributed by atoms with van der Waals surface area (Å²) >= 11 is 0. The Morgan fingerprint density at radius 3 is 2.23 bits per heavy atom. The molecule has 1 aliphatic heterocycles. The molecular formula is C23H25NO2. The van der Waals surface area contributed by atoms with E-state index in [1.54, 1.807) is 4.90 Å². The van der Waals surface area contributed by atoms with Gasteiger partial charge in [0.1, 0.15) is 6.61 Å². The molecule has 3 rings (SSSR count). The number of rotatable bonds is 6. The van der Waals surface area contributed by atoms with Crippen molar-refractivity contribution in [2.75, 3.05) is 6.61 Å². The minimum absolute atomic E-state index is 0.0359. The maximum absolute atomic E-state index is 12.3. The van der Waals surface area contributed by atoms with Crippen molar-refractivity contribution >= 4 is 6.09 Å². The van der Waals surface area contributed by atoms with E-state index in [-0.39, 0.29) is 18.1 Å². The molecule has 0 radical (unpaired) electrons. The molecule has 1 atom stereocenters. The van der Waals surface area contributed by atoms with Gasteiger partial charge in [-0.1, -0.05) is 86.3 Å². The Morgan fingerprint density at radius 2 is 1.65 bits per heavy atom. The van der Waals surface area contributed by atoms with Crippen molar-refractivity contribution in [3.8, 4) is 12.0 Å². The van der Waals surface area contributed by atoms with E-state index >= 15 is 0 Å². The van der Waals surface area contributed by atoms with E-state index in [4.69, 9.17) is 4.74 Å². The topological polar surface area (TPSA) is 29.5 Å². The Bertz CT molecular complexity index is 722. The van der Waals surface area contributed by atoms with Crippen LogP contribution >= 0.6 is 0 Å². The van der Waals surface area contributed by atoms with Crippen LogP contribution in [0.5, 0.6) is 0 Å². The second kappa shape index (κ2) is 9.10. The molecule has 3 heteroatoms. The van der Waals surface area contributed by atoms with E-state index in [0.29, 0.717) is 6.61 Å². The highest BCUT2D eigenvalue weighted by Gasteiger charge is 2.39. The Hall–Kier alpha value is -2.73. The zero-order valence-electron chi connectivity index (χ0n) is 15.2. The lowest BCUT2D eigenvalue weighted by Gasteiger charge is -2.26. The van der Waals surface area contributed by atoms with Crippen molar-refractivity contribution in [1.29, 1.82) is 0 Å². The van der Waals surface area contributed by atoms with Gasteiger partial charge in [-0.2, -0.15) is 0 Å². The van der Waals surface area contributed by atoms with E-state index < -0.39 is 0 Å². The summed E-state index contributed by atoms with van der Waals surface area (Å²) in [5.41, 5.74) is 2.33. The summed E-state index contributed by atoms with van der Waals surface area (Å²) in [7, 11) is 0. The highest BCUT2D eigenvalue weighted by molar-refractivity contribution is 5.73. The van der Waals surface area contributed by atoms with Crippen LogP contribution in [0.25, 0.3) is 0 Å². The van der Waals surface area contributed by atoms with E-state index in [9.17, 15) is 4.79 Å². The molecule has 134 valence electrons. The molecular weight excluding hydrogens is 322 g/mol. The summed E-state index contributed by atoms with van der Waals surface area (Å²) < 4.78 is 5.36. The monoisotopic (exact) mass is 347 g/mol. The Labute approximate surface area is 156 Å². The smallest absolute Gasteiger partial charge is 0.422 e. The highest BCUT2D eigenvalue weighted by Crippen LogP contribution is 2.33. The quantitative estimate of drug-likeness (QED) is 0.532. The van der Waals surface area contributed by atoms with Crippen LogP contribution < -0.4 is 0 Å². The van der Waals surface area contributed by atoms with Gasteiger partial charge in [-0.3, -0.25) is 0 Å². The van der Waals surface area contributed by atoms with Gasteiger partial charge in [-0.25, -0.2) is 9.69 Å². The molecule has 1 amide bonds. The van der Waals surface area contributed by atoms with Crippen LogP contribution in [0.15, 0.2) is 60.7 Å². The van der Waals surface area contributed by atoms with E-state index in [1.165, 1.54) is 24.0 Å². The summed E-state index contributed by atoms with van der Waals surface area (Å²) in [6.45, 7) is 2.53. The minimum Gasteiger partial charge on any atom is -0.446 e. The number of carbonyl (C=O) groups is 1. The molecule has 1 aliphatic rings. The number of hydrogen-bond acceptors (Lipinski definition) is 2. The average molecular weight is 347 g/mol. The Kier molecular flexibility index (Phi) is 6.33. The lowest BCUT2D eigenvalue weighted by atomic mass is 9.85. The largest absolute Gasteiger partial charge is 0.446 e. The molecule has 0 saturated carbocycles. The molecule has 0 aromatic heterocycles. The predicted octanol–water partition coefficient (Wildman–Crippen LogP) is 5.18. The summed E-state index contributed by atoms with van der Waals surface area (Å²) in [4.78, 5) is 13.9. The number of benzene rings is 2. The number of nitrogens with zero attached hydrogens (tertiary/aromatic N) is 1. The second-order valence-corrected chi connectivity index (χ2v) is 6.56. The standard InChI is InChI=1S/C23H25NO2/c1-2-3-4-5-12-17-24-21(18-26-23(24)25)22(19-13-8-6-9-14-19)20-15-10-7-11-16-20/h6-11,13-16,21-22H,2-5,18H2,1H3/t21-/m0/s1. The third-order valence-corrected chi connectivity index (χ3v) is 4.71. The number of ether oxygens (including phenoxy) is 1. The Balaban J connectivity index is 1.88. The molecule has 0 bridgehead atoms. The molecule has 0 N–H and O–H groups in total. The molecule has 0 spiro atoms. The zero-order valence-corrected chi connectivity index (χ0v) is 15.2. The fourth-order valence-corrected chi connectivity index (χ4v) is 3.37. The maximum atomic E-state index is 12.3. The fraction of sp³-hybridized carbons (Fsp3) is 0.348. The first kappa shape index (κ1) is 18.1. The molecule has 1 fully saturated rings. The summed E-state index contributed by atoms with van der Waals surface area (Å²) in [5, 5.41) is 0. The number of carbonyl (C=O) groups excluding carboxylic acids is 1. The molecule has 3 nitrogen and oxygen atoms in total. The van der Waals surface area contributed by atoms with Gasteiger partial charge in [-0.15, -0.1) is 0 Å². The van der Waals surface area contributed by atoms with Gasteiger partial charge in [0.15, 0.2) is 0 Å². The van der Waals surface area contributed by atoms with Crippen LogP contribution in [-0.2, 0) is 4.74 Å². The van der Waals surface area contributed by atoms with E-state index in [0.717, 1.165) is 12.8 Å². The van der Waals surface area contributed by atoms with Crippen molar-refractivity contribution in [1.82, 2.24) is 4.90 Å². The SMILES string of the molecule is CCCCCC#CN1C(=O)OC[C@H]1C(c1ccccc1)c1ccccc1. The van der Waals surface area contributed by atoms with Crippen LogP contribution in [0.3, 0.4) is 0 Å². The lowest BCUT2D eigenvalue weighted by Crippen LogP contribution is -2.35. The number of cyclic esters (lactones) is 1. The number of unbranched alkanes of at least 4 members (excludes halogenated alkanes) is 3. The van der Waals surface area contributed by atoms with Crippen LogP contribution in [0, 0.1) is 12.0 Å². The van der Waals surface area contributed by atoms with Crippen molar-refractivity contribution in [2.45, 2.75) is 44.6 Å². The van der Waals surface area contributed by atoms with Gasteiger partial charge >= 0.3 is 6.09 Å². The molecule has 2 aromatic carbocycles. The molecule has 0 aliphatic carbocycles. The summed E-state index contributed by atoms with van der Waals surface area (Å²) in [6.07, 6.45) is 3.87. The predicted molar refractivity (Wildman–Crippen MR) is 104 cm³/mol. The Morgan fingerprint density at radius 1 is 1.04 bits per heavy atom.